The van der Waals surface area contributed by atoms with Gasteiger partial charge >= 0.3 is 5.97 Å². The average molecular weight is 290 g/mol. The van der Waals surface area contributed by atoms with E-state index in [1.54, 1.807) is 36.4 Å². The second-order valence-corrected chi connectivity index (χ2v) is 4.56. The van der Waals surface area contributed by atoms with E-state index in [9.17, 15) is 9.90 Å². The van der Waals surface area contributed by atoms with Crippen molar-refractivity contribution in [2.75, 3.05) is 0 Å². The first-order valence-corrected chi connectivity index (χ1v) is 6.49. The van der Waals surface area contributed by atoms with Crippen LogP contribution in [0, 0.1) is 11.3 Å². The van der Waals surface area contributed by atoms with E-state index in [0.29, 0.717) is 16.7 Å². The van der Waals surface area contributed by atoms with Crippen LogP contribution < -0.4 is 0 Å². The van der Waals surface area contributed by atoms with Crippen molar-refractivity contribution in [3.8, 4) is 28.8 Å². The molecule has 0 atom stereocenters. The fraction of sp³-hybridized carbons (Fsp3) is 0. The van der Waals surface area contributed by atoms with Gasteiger partial charge in [-0.3, -0.25) is 0 Å². The minimum atomic E-state index is -1.18. The van der Waals surface area contributed by atoms with Gasteiger partial charge in [0.05, 0.1) is 11.6 Å². The molecule has 2 aromatic carbocycles. The maximum Gasteiger partial charge on any atom is 0.358 e. The first-order chi connectivity index (χ1) is 10.7. The lowest BCUT2D eigenvalue weighted by Crippen LogP contribution is -1.99. The Labute approximate surface area is 126 Å². The van der Waals surface area contributed by atoms with Gasteiger partial charge in [-0.15, -0.1) is 0 Å². The van der Waals surface area contributed by atoms with Gasteiger partial charge in [-0.05, 0) is 24.3 Å². The number of hydrogen-bond acceptors (Lipinski definition) is 4. The van der Waals surface area contributed by atoms with Crippen molar-refractivity contribution in [2.24, 2.45) is 0 Å². The van der Waals surface area contributed by atoms with E-state index in [0.717, 1.165) is 0 Å². The molecule has 0 unspecified atom stereocenters. The summed E-state index contributed by atoms with van der Waals surface area (Å²) in [6.45, 7) is 0. The molecule has 0 aliphatic rings. The van der Waals surface area contributed by atoms with E-state index in [1.165, 1.54) is 0 Å². The molecule has 0 aliphatic carbocycles. The van der Waals surface area contributed by atoms with E-state index < -0.39 is 5.97 Å². The zero-order valence-electron chi connectivity index (χ0n) is 11.4. The van der Waals surface area contributed by atoms with Gasteiger partial charge in [-0.1, -0.05) is 30.3 Å². The van der Waals surface area contributed by atoms with Crippen LogP contribution in [0.15, 0.2) is 59.0 Å². The normalized spacial score (nSPS) is 10.1. The highest BCUT2D eigenvalue weighted by atomic mass is 16.4. The molecule has 3 rings (SSSR count). The zero-order valence-corrected chi connectivity index (χ0v) is 11.4. The Bertz CT molecular complexity index is 876. The van der Waals surface area contributed by atoms with Gasteiger partial charge in [0.1, 0.15) is 0 Å². The number of carboxylic acid groups (broad SMARTS) is 1. The number of carboxylic acids is 1. The van der Waals surface area contributed by atoms with E-state index in [-0.39, 0.29) is 17.3 Å². The van der Waals surface area contributed by atoms with E-state index in [4.69, 9.17) is 9.68 Å². The van der Waals surface area contributed by atoms with Crippen LogP contribution >= 0.6 is 0 Å². The van der Waals surface area contributed by atoms with E-state index in [2.05, 4.69) is 4.98 Å². The highest BCUT2D eigenvalue weighted by Gasteiger charge is 2.21. The summed E-state index contributed by atoms with van der Waals surface area (Å²) in [5.41, 5.74) is 1.44. The Morgan fingerprint density at radius 2 is 1.82 bits per heavy atom. The highest BCUT2D eigenvalue weighted by Crippen LogP contribution is 2.30. The number of nitrogens with zero attached hydrogens (tertiary/aromatic N) is 2. The number of aromatic carboxylic acids is 1. The minimum absolute atomic E-state index is 0.142. The number of nitriles is 1. The topological polar surface area (TPSA) is 87.1 Å². The van der Waals surface area contributed by atoms with Crippen LogP contribution in [0.5, 0.6) is 0 Å². The van der Waals surface area contributed by atoms with Crippen molar-refractivity contribution in [2.45, 2.75) is 0 Å². The molecule has 1 N–H and O–H groups in total. The summed E-state index contributed by atoms with van der Waals surface area (Å²) >= 11 is 0. The molecule has 5 heteroatoms. The summed E-state index contributed by atoms with van der Waals surface area (Å²) in [7, 11) is 0. The van der Waals surface area contributed by atoms with Crippen LogP contribution in [-0.4, -0.2) is 16.1 Å². The molecule has 1 aromatic heterocycles. The smallest absolute Gasteiger partial charge is 0.358 e. The van der Waals surface area contributed by atoms with Crippen LogP contribution in [0.4, 0.5) is 0 Å². The number of carbonyl (C=O) groups is 1. The van der Waals surface area contributed by atoms with Crippen LogP contribution in [-0.2, 0) is 0 Å². The molecule has 0 saturated heterocycles. The Kier molecular flexibility index (Phi) is 3.42. The van der Waals surface area contributed by atoms with Crippen molar-refractivity contribution in [1.29, 1.82) is 5.26 Å². The lowest BCUT2D eigenvalue weighted by Gasteiger charge is -1.98. The molecule has 1 heterocycles. The molecule has 0 amide bonds. The van der Waals surface area contributed by atoms with Crippen LogP contribution in [0.3, 0.4) is 0 Å². The predicted octanol–water partition coefficient (Wildman–Crippen LogP) is 3.58. The second-order valence-electron chi connectivity index (χ2n) is 4.56. The van der Waals surface area contributed by atoms with Crippen molar-refractivity contribution < 1.29 is 14.3 Å². The third kappa shape index (κ3) is 2.45. The molecule has 0 spiro atoms. The third-order valence-electron chi connectivity index (χ3n) is 3.10. The molecule has 5 nitrogen and oxygen atoms in total. The lowest BCUT2D eigenvalue weighted by atomic mass is 10.1. The number of benzene rings is 2. The largest absolute Gasteiger partial charge is 0.476 e. The van der Waals surface area contributed by atoms with Gasteiger partial charge in [0.2, 0.25) is 5.89 Å². The Morgan fingerprint density at radius 1 is 1.09 bits per heavy atom. The van der Waals surface area contributed by atoms with Gasteiger partial charge in [0, 0.05) is 11.1 Å². The zero-order chi connectivity index (χ0) is 15.5. The number of aromatic nitrogens is 1. The standard InChI is InChI=1S/C17H10N2O3/c18-10-11-5-4-8-13(9-11)15-14(17(20)21)19-16(22-15)12-6-2-1-3-7-12/h1-9H,(H,20,21). The molecule has 0 bridgehead atoms. The average Bonchev–Trinajstić information content (AvgIpc) is 3.01. The summed E-state index contributed by atoms with van der Waals surface area (Å²) < 4.78 is 5.65. The first kappa shape index (κ1) is 13.6. The van der Waals surface area contributed by atoms with E-state index >= 15 is 0 Å². The third-order valence-corrected chi connectivity index (χ3v) is 3.10. The van der Waals surface area contributed by atoms with Crippen molar-refractivity contribution >= 4 is 5.97 Å². The summed E-state index contributed by atoms with van der Waals surface area (Å²) in [6, 6.07) is 17.6. The quantitative estimate of drug-likeness (QED) is 0.796. The highest BCUT2D eigenvalue weighted by molar-refractivity contribution is 5.93. The van der Waals surface area contributed by atoms with Gasteiger partial charge < -0.3 is 9.52 Å². The molecular weight excluding hydrogens is 280 g/mol. The maximum absolute atomic E-state index is 11.4. The molecule has 22 heavy (non-hydrogen) atoms. The summed E-state index contributed by atoms with van der Waals surface area (Å²) in [4.78, 5) is 15.5. The molecular formula is C17H10N2O3. The Morgan fingerprint density at radius 3 is 2.50 bits per heavy atom. The molecule has 106 valence electrons. The maximum atomic E-state index is 11.4. The van der Waals surface area contributed by atoms with Gasteiger partial charge in [0.25, 0.3) is 0 Å². The number of hydrogen-bond donors (Lipinski definition) is 1. The molecule has 0 fully saturated rings. The fourth-order valence-electron chi connectivity index (χ4n) is 2.09. The van der Waals surface area contributed by atoms with Gasteiger partial charge in [-0.25, -0.2) is 9.78 Å². The molecule has 0 saturated carbocycles. The summed E-state index contributed by atoms with van der Waals surface area (Å²) in [5.74, 6) is -0.804. The summed E-state index contributed by atoms with van der Waals surface area (Å²) in [6.07, 6.45) is 0. The molecule has 0 radical (unpaired) electrons. The van der Waals surface area contributed by atoms with Crippen molar-refractivity contribution in [1.82, 2.24) is 4.98 Å². The van der Waals surface area contributed by atoms with Crippen molar-refractivity contribution in [3.05, 3.63) is 65.9 Å². The number of rotatable bonds is 3. The molecule has 3 aromatic rings. The Balaban J connectivity index is 2.16. The van der Waals surface area contributed by atoms with Crippen LogP contribution in [0.25, 0.3) is 22.8 Å². The molecule has 0 aliphatic heterocycles. The second kappa shape index (κ2) is 5.54. The van der Waals surface area contributed by atoms with Gasteiger partial charge in [-0.2, -0.15) is 5.26 Å². The fourth-order valence-corrected chi connectivity index (χ4v) is 2.09. The number of oxazole rings is 1. The lowest BCUT2D eigenvalue weighted by molar-refractivity contribution is 0.0691. The van der Waals surface area contributed by atoms with Gasteiger partial charge in [0.15, 0.2) is 11.5 Å². The Hall–Kier alpha value is -3.39. The summed E-state index contributed by atoms with van der Waals surface area (Å²) in [5, 5.41) is 18.3. The van der Waals surface area contributed by atoms with Crippen molar-refractivity contribution in [3.63, 3.8) is 0 Å². The SMILES string of the molecule is N#Cc1cccc(-c2oc(-c3ccccc3)nc2C(=O)O)c1. The van der Waals surface area contributed by atoms with Crippen LogP contribution in [0.1, 0.15) is 16.1 Å². The monoisotopic (exact) mass is 290 g/mol. The first-order valence-electron chi connectivity index (χ1n) is 6.49. The van der Waals surface area contributed by atoms with Crippen LogP contribution in [0.2, 0.25) is 0 Å². The predicted molar refractivity (Wildman–Crippen MR) is 79.0 cm³/mol. The van der Waals surface area contributed by atoms with E-state index in [1.807, 2.05) is 24.3 Å². The minimum Gasteiger partial charge on any atom is -0.476 e.